The van der Waals surface area contributed by atoms with E-state index >= 15 is 0 Å². The van der Waals surface area contributed by atoms with Crippen molar-refractivity contribution in [2.24, 2.45) is 0 Å². The number of para-hydroxylation sites is 1. The van der Waals surface area contributed by atoms with Crippen LogP contribution in [-0.4, -0.2) is 12.4 Å². The van der Waals surface area contributed by atoms with Crippen molar-refractivity contribution in [3.63, 3.8) is 0 Å². The highest BCUT2D eigenvalue weighted by molar-refractivity contribution is 6.34. The summed E-state index contributed by atoms with van der Waals surface area (Å²) in [5.41, 5.74) is -1.13. The van der Waals surface area contributed by atoms with Crippen LogP contribution >= 0.6 is 11.6 Å². The molecular weight excluding hydrogens is 305 g/mol. The number of rotatable bonds is 4. The maximum absolute atomic E-state index is 12.6. The van der Waals surface area contributed by atoms with Crippen molar-refractivity contribution in [3.8, 4) is 5.75 Å². The van der Waals surface area contributed by atoms with Crippen LogP contribution in [0.4, 0.5) is 13.2 Å². The number of alkyl halides is 3. The quantitative estimate of drug-likeness (QED) is 0.770. The molecular formula is C15H10ClF3O2. The Balaban J connectivity index is 2.15. The van der Waals surface area contributed by atoms with Crippen molar-refractivity contribution in [1.29, 1.82) is 0 Å². The van der Waals surface area contributed by atoms with E-state index in [0.29, 0.717) is 5.75 Å². The molecule has 0 heterocycles. The summed E-state index contributed by atoms with van der Waals surface area (Å²) in [5, 5.41) is -0.0374. The largest absolute Gasteiger partial charge is 0.485 e. The molecule has 2 rings (SSSR count). The van der Waals surface area contributed by atoms with Crippen LogP contribution in [0.15, 0.2) is 48.5 Å². The maximum atomic E-state index is 12.6. The van der Waals surface area contributed by atoms with E-state index in [1.807, 2.05) is 0 Å². The highest BCUT2D eigenvalue weighted by atomic mass is 35.5. The lowest BCUT2D eigenvalue weighted by molar-refractivity contribution is -0.137. The first-order valence-corrected chi connectivity index (χ1v) is 6.33. The standard InChI is InChI=1S/C15H10ClF3O2/c16-13-7-6-10(15(17,18)19)8-12(13)14(20)9-21-11-4-2-1-3-5-11/h1-8H,9H2. The Morgan fingerprint density at radius 3 is 2.38 bits per heavy atom. The van der Waals surface area contributed by atoms with Gasteiger partial charge in [-0.25, -0.2) is 0 Å². The predicted molar refractivity (Wildman–Crippen MR) is 72.7 cm³/mol. The summed E-state index contributed by atoms with van der Waals surface area (Å²) in [7, 11) is 0. The highest BCUT2D eigenvalue weighted by Gasteiger charge is 2.31. The molecule has 0 atom stereocenters. The van der Waals surface area contributed by atoms with Crippen molar-refractivity contribution < 1.29 is 22.7 Å². The van der Waals surface area contributed by atoms with Crippen LogP contribution in [0, 0.1) is 0 Å². The minimum atomic E-state index is -4.53. The van der Waals surface area contributed by atoms with E-state index in [-0.39, 0.29) is 17.2 Å². The van der Waals surface area contributed by atoms with Crippen LogP contribution in [-0.2, 0) is 6.18 Å². The Hall–Kier alpha value is -2.01. The Morgan fingerprint density at radius 2 is 1.76 bits per heavy atom. The van der Waals surface area contributed by atoms with Gasteiger partial charge in [0.2, 0.25) is 5.78 Å². The number of Topliss-reactive ketones (excluding diaryl/α,β-unsaturated/α-hetero) is 1. The molecule has 0 radical (unpaired) electrons. The summed E-state index contributed by atoms with van der Waals surface area (Å²) in [4.78, 5) is 11.9. The van der Waals surface area contributed by atoms with Crippen molar-refractivity contribution in [2.75, 3.05) is 6.61 Å². The van der Waals surface area contributed by atoms with Crippen LogP contribution in [0.25, 0.3) is 0 Å². The zero-order valence-electron chi connectivity index (χ0n) is 10.7. The number of halogens is 4. The van der Waals surface area contributed by atoms with Crippen LogP contribution in [0.2, 0.25) is 5.02 Å². The Bertz CT molecular complexity index is 639. The molecule has 0 aromatic heterocycles. The molecule has 0 bridgehead atoms. The SMILES string of the molecule is O=C(COc1ccccc1)c1cc(C(F)(F)F)ccc1Cl. The van der Waals surface area contributed by atoms with Gasteiger partial charge >= 0.3 is 6.18 Å². The third kappa shape index (κ3) is 3.98. The van der Waals surface area contributed by atoms with Crippen molar-refractivity contribution >= 4 is 17.4 Å². The number of carbonyl (C=O) groups is 1. The van der Waals surface area contributed by atoms with Crippen LogP contribution in [0.3, 0.4) is 0 Å². The number of ketones is 1. The molecule has 0 amide bonds. The molecule has 0 spiro atoms. The van der Waals surface area contributed by atoms with Gasteiger partial charge < -0.3 is 4.74 Å². The number of hydrogen-bond acceptors (Lipinski definition) is 2. The predicted octanol–water partition coefficient (Wildman–Crippen LogP) is 4.62. The second-order valence-electron chi connectivity index (χ2n) is 4.22. The second-order valence-corrected chi connectivity index (χ2v) is 4.62. The maximum Gasteiger partial charge on any atom is 0.416 e. The number of benzene rings is 2. The Labute approximate surface area is 124 Å². The first-order chi connectivity index (χ1) is 9.88. The fourth-order valence-electron chi connectivity index (χ4n) is 1.66. The van der Waals surface area contributed by atoms with E-state index in [1.165, 1.54) is 0 Å². The first-order valence-electron chi connectivity index (χ1n) is 5.96. The summed E-state index contributed by atoms with van der Waals surface area (Å²) in [6.45, 7) is -0.384. The summed E-state index contributed by atoms with van der Waals surface area (Å²) in [5.74, 6) is -0.163. The van der Waals surface area contributed by atoms with E-state index < -0.39 is 17.5 Å². The van der Waals surface area contributed by atoms with Crippen molar-refractivity contribution in [3.05, 3.63) is 64.7 Å². The molecule has 0 fully saturated rings. The molecule has 0 aliphatic heterocycles. The second kappa shape index (κ2) is 6.18. The third-order valence-corrected chi connectivity index (χ3v) is 3.04. The summed E-state index contributed by atoms with van der Waals surface area (Å²) in [6.07, 6.45) is -4.53. The number of carbonyl (C=O) groups excluding carboxylic acids is 1. The van der Waals surface area contributed by atoms with Gasteiger partial charge in [-0.3, -0.25) is 4.79 Å². The van der Waals surface area contributed by atoms with E-state index in [9.17, 15) is 18.0 Å². The van der Waals surface area contributed by atoms with Gasteiger partial charge in [-0.05, 0) is 30.3 Å². The lowest BCUT2D eigenvalue weighted by Gasteiger charge is -2.10. The minimum Gasteiger partial charge on any atom is -0.485 e. The van der Waals surface area contributed by atoms with Crippen LogP contribution < -0.4 is 4.74 Å². The fourth-order valence-corrected chi connectivity index (χ4v) is 1.88. The summed E-state index contributed by atoms with van der Waals surface area (Å²) >= 11 is 5.78. The fraction of sp³-hybridized carbons (Fsp3) is 0.133. The lowest BCUT2D eigenvalue weighted by atomic mass is 10.1. The highest BCUT2D eigenvalue weighted by Crippen LogP contribution is 2.32. The molecule has 6 heteroatoms. The molecule has 0 aliphatic carbocycles. The average Bonchev–Trinajstić information content (AvgIpc) is 2.45. The average molecular weight is 315 g/mol. The van der Waals surface area contributed by atoms with E-state index in [0.717, 1.165) is 18.2 Å². The van der Waals surface area contributed by atoms with Gasteiger partial charge in [-0.15, -0.1) is 0 Å². The molecule has 21 heavy (non-hydrogen) atoms. The Kier molecular flexibility index (Phi) is 4.53. The van der Waals surface area contributed by atoms with Gasteiger partial charge in [0.15, 0.2) is 6.61 Å². The summed E-state index contributed by atoms with van der Waals surface area (Å²) < 4.78 is 43.1. The normalized spacial score (nSPS) is 11.2. The van der Waals surface area contributed by atoms with E-state index in [4.69, 9.17) is 16.3 Å². The van der Waals surface area contributed by atoms with Crippen LogP contribution in [0.1, 0.15) is 15.9 Å². The molecule has 0 saturated carbocycles. The molecule has 0 unspecified atom stereocenters. The van der Waals surface area contributed by atoms with Gasteiger partial charge in [-0.1, -0.05) is 29.8 Å². The number of hydrogen-bond donors (Lipinski definition) is 0. The third-order valence-electron chi connectivity index (χ3n) is 2.71. The zero-order chi connectivity index (χ0) is 15.5. The molecule has 0 aliphatic rings. The van der Waals surface area contributed by atoms with Gasteiger partial charge in [-0.2, -0.15) is 13.2 Å². The topological polar surface area (TPSA) is 26.3 Å². The van der Waals surface area contributed by atoms with Crippen molar-refractivity contribution in [2.45, 2.75) is 6.18 Å². The first kappa shape index (κ1) is 15.4. The molecule has 110 valence electrons. The smallest absolute Gasteiger partial charge is 0.416 e. The van der Waals surface area contributed by atoms with E-state index in [2.05, 4.69) is 0 Å². The van der Waals surface area contributed by atoms with Gasteiger partial charge in [0, 0.05) is 5.56 Å². The van der Waals surface area contributed by atoms with Gasteiger partial charge in [0.1, 0.15) is 5.75 Å². The summed E-state index contributed by atoms with van der Waals surface area (Å²) in [6, 6.07) is 11.1. The van der Waals surface area contributed by atoms with Gasteiger partial charge in [0.25, 0.3) is 0 Å². The van der Waals surface area contributed by atoms with E-state index in [1.54, 1.807) is 30.3 Å². The molecule has 2 aromatic rings. The Morgan fingerprint density at radius 1 is 1.10 bits per heavy atom. The molecule has 0 N–H and O–H groups in total. The van der Waals surface area contributed by atoms with Crippen molar-refractivity contribution in [1.82, 2.24) is 0 Å². The van der Waals surface area contributed by atoms with Crippen LogP contribution in [0.5, 0.6) is 5.75 Å². The molecule has 2 aromatic carbocycles. The van der Waals surface area contributed by atoms with Gasteiger partial charge in [0.05, 0.1) is 10.6 Å². The molecule has 0 saturated heterocycles. The lowest BCUT2D eigenvalue weighted by Crippen LogP contribution is -2.14. The zero-order valence-corrected chi connectivity index (χ0v) is 11.4. The minimum absolute atomic E-state index is 0.0374. The number of ether oxygens (including phenoxy) is 1. The monoisotopic (exact) mass is 314 g/mol. The molecule has 2 nitrogen and oxygen atoms in total.